The van der Waals surface area contributed by atoms with Crippen LogP contribution in [0, 0.1) is 6.92 Å². The van der Waals surface area contributed by atoms with Crippen LogP contribution in [-0.2, 0) is 4.74 Å². The summed E-state index contributed by atoms with van der Waals surface area (Å²) in [7, 11) is 0. The Balaban J connectivity index is 1.97. The first kappa shape index (κ1) is 18.0. The number of carbonyl (C=O) groups excluding carboxylic acids is 1. The van der Waals surface area contributed by atoms with E-state index in [0.29, 0.717) is 24.8 Å². The molecule has 0 aromatic heterocycles. The molecule has 0 fully saturated rings. The minimum absolute atomic E-state index is 0.307. The maximum atomic E-state index is 12.3. The summed E-state index contributed by atoms with van der Waals surface area (Å²) in [6, 6.07) is 17.1. The van der Waals surface area contributed by atoms with Gasteiger partial charge in [-0.3, -0.25) is 0 Å². The molecular weight excluding hydrogens is 302 g/mol. The molecule has 0 saturated heterocycles. The maximum Gasteiger partial charge on any atom is 0.338 e. The lowest BCUT2D eigenvalue weighted by Crippen LogP contribution is -2.38. The van der Waals surface area contributed by atoms with Crippen molar-refractivity contribution in [3.05, 3.63) is 65.7 Å². The molecule has 128 valence electrons. The van der Waals surface area contributed by atoms with Crippen LogP contribution in [0.3, 0.4) is 0 Å². The molecule has 1 atom stereocenters. The van der Waals surface area contributed by atoms with Gasteiger partial charge in [-0.25, -0.2) is 4.79 Å². The minimum atomic E-state index is -0.361. The van der Waals surface area contributed by atoms with Crippen molar-refractivity contribution in [2.75, 3.05) is 13.2 Å². The quantitative estimate of drug-likeness (QED) is 0.753. The average Bonchev–Trinajstić information content (AvgIpc) is 2.58. The molecule has 1 unspecified atom stereocenters. The molecule has 24 heavy (non-hydrogen) atoms. The summed E-state index contributed by atoms with van der Waals surface area (Å²) in [5.41, 5.74) is 1.67. The van der Waals surface area contributed by atoms with Gasteiger partial charge >= 0.3 is 5.97 Å². The first-order valence-corrected chi connectivity index (χ1v) is 8.23. The highest BCUT2D eigenvalue weighted by Gasteiger charge is 2.17. The summed E-state index contributed by atoms with van der Waals surface area (Å²) in [4.78, 5) is 12.3. The third-order valence-electron chi connectivity index (χ3n) is 3.46. The van der Waals surface area contributed by atoms with Crippen molar-refractivity contribution in [3.8, 4) is 5.75 Å². The van der Waals surface area contributed by atoms with Crippen molar-refractivity contribution >= 4 is 5.97 Å². The molecule has 0 aliphatic rings. The summed E-state index contributed by atoms with van der Waals surface area (Å²) in [5.74, 6) is 0.444. The van der Waals surface area contributed by atoms with E-state index in [0.717, 1.165) is 11.3 Å². The van der Waals surface area contributed by atoms with Crippen molar-refractivity contribution in [2.45, 2.75) is 32.9 Å². The number of carbonyl (C=O) groups is 1. The maximum absolute atomic E-state index is 12.3. The first-order valence-electron chi connectivity index (χ1n) is 8.23. The fraction of sp³-hybridized carbons (Fsp3) is 0.350. The third kappa shape index (κ3) is 6.05. The molecule has 0 spiro atoms. The van der Waals surface area contributed by atoms with Crippen LogP contribution in [0.4, 0.5) is 0 Å². The zero-order valence-electron chi connectivity index (χ0n) is 14.5. The summed E-state index contributed by atoms with van der Waals surface area (Å²) < 4.78 is 11.4. The first-order chi connectivity index (χ1) is 11.5. The molecule has 2 aromatic carbocycles. The molecule has 2 aromatic rings. The standard InChI is InChI=1S/C20H25NO3/c1-15(2)21-13-19(14-23-18-11-7-8-16(3)12-18)24-20(22)17-9-5-4-6-10-17/h4-12,15,19,21H,13-14H2,1-3H3. The molecule has 1 N–H and O–H groups in total. The number of ether oxygens (including phenoxy) is 2. The van der Waals surface area contributed by atoms with Gasteiger partial charge in [-0.15, -0.1) is 0 Å². The smallest absolute Gasteiger partial charge is 0.338 e. The van der Waals surface area contributed by atoms with Crippen LogP contribution >= 0.6 is 0 Å². The zero-order valence-corrected chi connectivity index (χ0v) is 14.5. The Labute approximate surface area is 143 Å². The highest BCUT2D eigenvalue weighted by atomic mass is 16.6. The van der Waals surface area contributed by atoms with Gasteiger partial charge in [0.2, 0.25) is 0 Å². The van der Waals surface area contributed by atoms with Crippen molar-refractivity contribution < 1.29 is 14.3 Å². The predicted molar refractivity (Wildman–Crippen MR) is 95.5 cm³/mol. The SMILES string of the molecule is Cc1cccc(OCC(CNC(C)C)OC(=O)c2ccccc2)c1. The molecule has 0 heterocycles. The van der Waals surface area contributed by atoms with Gasteiger partial charge < -0.3 is 14.8 Å². The van der Waals surface area contributed by atoms with Crippen LogP contribution in [0.15, 0.2) is 54.6 Å². The van der Waals surface area contributed by atoms with Crippen LogP contribution in [-0.4, -0.2) is 31.3 Å². The molecule has 0 radical (unpaired) electrons. The van der Waals surface area contributed by atoms with Crippen molar-refractivity contribution in [2.24, 2.45) is 0 Å². The monoisotopic (exact) mass is 327 g/mol. The van der Waals surface area contributed by atoms with Crippen molar-refractivity contribution in [1.29, 1.82) is 0 Å². The number of benzene rings is 2. The Morgan fingerprint density at radius 2 is 1.83 bits per heavy atom. The van der Waals surface area contributed by atoms with Gasteiger partial charge in [0.15, 0.2) is 0 Å². The van der Waals surface area contributed by atoms with E-state index in [1.165, 1.54) is 0 Å². The molecule has 2 rings (SSSR count). The number of nitrogens with one attached hydrogen (secondary N) is 1. The molecule has 0 aliphatic heterocycles. The number of hydrogen-bond acceptors (Lipinski definition) is 4. The van der Waals surface area contributed by atoms with E-state index in [1.54, 1.807) is 12.1 Å². The van der Waals surface area contributed by atoms with Gasteiger partial charge in [0.1, 0.15) is 18.5 Å². The highest BCUT2D eigenvalue weighted by molar-refractivity contribution is 5.89. The van der Waals surface area contributed by atoms with Gasteiger partial charge in [-0.2, -0.15) is 0 Å². The topological polar surface area (TPSA) is 47.6 Å². The van der Waals surface area contributed by atoms with E-state index in [1.807, 2.05) is 49.4 Å². The Kier molecular flexibility index (Phi) is 6.82. The van der Waals surface area contributed by atoms with Crippen molar-refractivity contribution in [1.82, 2.24) is 5.32 Å². The molecule has 0 bridgehead atoms. The largest absolute Gasteiger partial charge is 0.490 e. The second kappa shape index (κ2) is 9.08. The van der Waals surface area contributed by atoms with E-state index in [-0.39, 0.29) is 12.1 Å². The van der Waals surface area contributed by atoms with Crippen LogP contribution in [0.5, 0.6) is 5.75 Å². The molecule has 0 amide bonds. The van der Waals surface area contributed by atoms with Crippen molar-refractivity contribution in [3.63, 3.8) is 0 Å². The van der Waals surface area contributed by atoms with E-state index in [4.69, 9.17) is 9.47 Å². The fourth-order valence-corrected chi connectivity index (χ4v) is 2.19. The third-order valence-corrected chi connectivity index (χ3v) is 3.46. The minimum Gasteiger partial charge on any atom is -0.490 e. The normalized spacial score (nSPS) is 12.0. The molecule has 0 saturated carbocycles. The average molecular weight is 327 g/mol. The Morgan fingerprint density at radius 1 is 1.08 bits per heavy atom. The number of esters is 1. The Hall–Kier alpha value is -2.33. The van der Waals surface area contributed by atoms with Crippen LogP contribution < -0.4 is 10.1 Å². The predicted octanol–water partition coefficient (Wildman–Crippen LogP) is 3.60. The Morgan fingerprint density at radius 3 is 2.50 bits per heavy atom. The second-order valence-corrected chi connectivity index (χ2v) is 6.08. The molecular formula is C20H25NO3. The number of hydrogen-bond donors (Lipinski definition) is 1. The van der Waals surface area contributed by atoms with E-state index in [9.17, 15) is 4.79 Å². The lowest BCUT2D eigenvalue weighted by atomic mass is 10.2. The van der Waals surface area contributed by atoms with E-state index >= 15 is 0 Å². The zero-order chi connectivity index (χ0) is 17.4. The highest BCUT2D eigenvalue weighted by Crippen LogP contribution is 2.13. The Bertz CT molecular complexity index is 640. The van der Waals surface area contributed by atoms with Gasteiger partial charge in [-0.1, -0.05) is 44.2 Å². The second-order valence-electron chi connectivity index (χ2n) is 6.08. The number of rotatable bonds is 8. The van der Waals surface area contributed by atoms with Gasteiger partial charge in [-0.05, 0) is 36.8 Å². The lowest BCUT2D eigenvalue weighted by molar-refractivity contribution is 0.0172. The summed E-state index contributed by atoms with van der Waals surface area (Å²) in [6.45, 7) is 6.97. The van der Waals surface area contributed by atoms with Gasteiger partial charge in [0.25, 0.3) is 0 Å². The molecule has 4 heteroatoms. The molecule has 4 nitrogen and oxygen atoms in total. The van der Waals surface area contributed by atoms with Gasteiger partial charge in [0.05, 0.1) is 5.56 Å². The fourth-order valence-electron chi connectivity index (χ4n) is 2.19. The van der Waals surface area contributed by atoms with E-state index in [2.05, 4.69) is 19.2 Å². The summed E-state index contributed by atoms with van der Waals surface area (Å²) in [5, 5.41) is 3.29. The van der Waals surface area contributed by atoms with Crippen LogP contribution in [0.25, 0.3) is 0 Å². The number of aryl methyl sites for hydroxylation is 1. The van der Waals surface area contributed by atoms with Crippen LogP contribution in [0.1, 0.15) is 29.8 Å². The summed E-state index contributed by atoms with van der Waals surface area (Å²) >= 11 is 0. The molecule has 0 aliphatic carbocycles. The summed E-state index contributed by atoms with van der Waals surface area (Å²) in [6.07, 6.45) is -0.361. The van der Waals surface area contributed by atoms with Crippen LogP contribution in [0.2, 0.25) is 0 Å². The lowest BCUT2D eigenvalue weighted by Gasteiger charge is -2.20. The van der Waals surface area contributed by atoms with E-state index < -0.39 is 0 Å². The van der Waals surface area contributed by atoms with Gasteiger partial charge in [0, 0.05) is 12.6 Å².